The molecular formula is C19H15NO5. The molecule has 0 atom stereocenters. The van der Waals surface area contributed by atoms with E-state index < -0.39 is 5.63 Å². The van der Waals surface area contributed by atoms with Gasteiger partial charge in [0.1, 0.15) is 17.1 Å². The molecule has 6 heteroatoms. The third-order valence-electron chi connectivity index (χ3n) is 4.06. The lowest BCUT2D eigenvalue weighted by Crippen LogP contribution is -2.05. The van der Waals surface area contributed by atoms with Gasteiger partial charge in [0, 0.05) is 23.2 Å². The average molecular weight is 337 g/mol. The van der Waals surface area contributed by atoms with Crippen molar-refractivity contribution in [3.63, 3.8) is 0 Å². The van der Waals surface area contributed by atoms with E-state index in [2.05, 4.69) is 4.98 Å². The fourth-order valence-corrected chi connectivity index (χ4v) is 2.67. The Balaban J connectivity index is 1.78. The molecule has 0 aliphatic heterocycles. The number of aromatic amines is 1. The van der Waals surface area contributed by atoms with Gasteiger partial charge in [0.15, 0.2) is 17.4 Å². The summed E-state index contributed by atoms with van der Waals surface area (Å²) in [6.45, 7) is 3.19. The van der Waals surface area contributed by atoms with Gasteiger partial charge in [-0.05, 0) is 44.2 Å². The number of hydrogen-bond acceptors (Lipinski definition) is 5. The lowest BCUT2D eigenvalue weighted by Gasteiger charge is -2.05. The molecule has 0 aliphatic rings. The number of furan rings is 1. The number of H-pyrrole nitrogens is 1. The van der Waals surface area contributed by atoms with Crippen molar-refractivity contribution in [1.29, 1.82) is 0 Å². The minimum Gasteiger partial charge on any atom is -0.507 e. The van der Waals surface area contributed by atoms with E-state index in [-0.39, 0.29) is 17.1 Å². The second-order valence-corrected chi connectivity index (χ2v) is 5.76. The summed E-state index contributed by atoms with van der Waals surface area (Å²) in [6.07, 6.45) is 1.78. The van der Waals surface area contributed by atoms with Crippen molar-refractivity contribution < 1.29 is 18.7 Å². The number of aromatic nitrogens is 1. The van der Waals surface area contributed by atoms with Gasteiger partial charge in [-0.15, -0.1) is 0 Å². The van der Waals surface area contributed by atoms with Gasteiger partial charge in [-0.1, -0.05) is 0 Å². The first-order valence-electron chi connectivity index (χ1n) is 7.71. The van der Waals surface area contributed by atoms with Crippen LogP contribution in [0.5, 0.6) is 17.4 Å². The van der Waals surface area contributed by atoms with E-state index in [0.29, 0.717) is 28.5 Å². The van der Waals surface area contributed by atoms with Crippen LogP contribution in [-0.4, -0.2) is 10.1 Å². The molecule has 25 heavy (non-hydrogen) atoms. The monoisotopic (exact) mass is 337 g/mol. The topological polar surface area (TPSA) is 88.6 Å². The van der Waals surface area contributed by atoms with Gasteiger partial charge in [-0.3, -0.25) is 0 Å². The minimum atomic E-state index is -0.589. The molecule has 1 aromatic carbocycles. The molecular weight excluding hydrogens is 322 g/mol. The summed E-state index contributed by atoms with van der Waals surface area (Å²) in [5.41, 5.74) is 0.670. The van der Waals surface area contributed by atoms with Crippen LogP contribution in [0, 0.1) is 13.8 Å². The summed E-state index contributed by atoms with van der Waals surface area (Å²) >= 11 is 0. The van der Waals surface area contributed by atoms with Crippen molar-refractivity contribution >= 4 is 11.0 Å². The van der Waals surface area contributed by atoms with Gasteiger partial charge in [0.25, 0.3) is 0 Å². The van der Waals surface area contributed by atoms with Gasteiger partial charge in [0.05, 0.1) is 5.56 Å². The third-order valence-corrected chi connectivity index (χ3v) is 4.06. The Bertz CT molecular complexity index is 1120. The molecule has 0 amide bonds. The molecule has 0 bridgehead atoms. The Morgan fingerprint density at radius 3 is 2.68 bits per heavy atom. The summed E-state index contributed by atoms with van der Waals surface area (Å²) in [7, 11) is 0. The smallest absolute Gasteiger partial charge is 0.343 e. The lowest BCUT2D eigenvalue weighted by atomic mass is 10.1. The van der Waals surface area contributed by atoms with Gasteiger partial charge >= 0.3 is 5.63 Å². The molecule has 3 heterocycles. The minimum absolute atomic E-state index is 0.0810. The number of fused-ring (bicyclic) bond motifs is 1. The molecule has 2 N–H and O–H groups in total. The molecule has 0 unspecified atom stereocenters. The quantitative estimate of drug-likeness (QED) is 0.575. The van der Waals surface area contributed by atoms with E-state index in [1.165, 1.54) is 6.92 Å². The van der Waals surface area contributed by atoms with E-state index in [1.54, 1.807) is 31.3 Å². The molecule has 0 saturated carbocycles. The second-order valence-electron chi connectivity index (χ2n) is 5.76. The van der Waals surface area contributed by atoms with Crippen LogP contribution >= 0.6 is 0 Å². The molecule has 0 aliphatic carbocycles. The molecule has 4 rings (SSSR count). The molecule has 0 fully saturated rings. The standard InChI is InChI=1S/C19H15NO5/c1-10-17(21)11(2)19(22)25-18(10)15-9-12-8-13(5-6-14(12)24-15)23-16-4-3-7-20-16/h3-9,20-21H,1-2H3. The first-order chi connectivity index (χ1) is 12.0. The van der Waals surface area contributed by atoms with Crippen LogP contribution in [0.1, 0.15) is 11.1 Å². The number of ether oxygens (including phenoxy) is 1. The predicted molar refractivity (Wildman–Crippen MR) is 92.2 cm³/mol. The number of aromatic hydroxyl groups is 1. The molecule has 0 saturated heterocycles. The summed E-state index contributed by atoms with van der Waals surface area (Å²) in [4.78, 5) is 14.8. The van der Waals surface area contributed by atoms with Crippen molar-refractivity contribution in [2.75, 3.05) is 0 Å². The zero-order valence-electron chi connectivity index (χ0n) is 13.6. The normalized spacial score (nSPS) is 11.1. The van der Waals surface area contributed by atoms with Crippen LogP contribution in [0.25, 0.3) is 22.5 Å². The SMILES string of the molecule is Cc1c(-c2cc3cc(Oc4ccc[nH]4)ccc3o2)oc(=O)c(C)c1O. The van der Waals surface area contributed by atoms with E-state index in [9.17, 15) is 9.90 Å². The molecule has 4 aromatic rings. The van der Waals surface area contributed by atoms with Gasteiger partial charge in [0.2, 0.25) is 0 Å². The lowest BCUT2D eigenvalue weighted by molar-refractivity contribution is 0.433. The van der Waals surface area contributed by atoms with Crippen LogP contribution in [0.15, 0.2) is 56.2 Å². The maximum atomic E-state index is 11.8. The van der Waals surface area contributed by atoms with Crippen LogP contribution in [-0.2, 0) is 0 Å². The number of hydrogen-bond donors (Lipinski definition) is 2. The molecule has 6 nitrogen and oxygen atoms in total. The van der Waals surface area contributed by atoms with Crippen LogP contribution in [0.3, 0.4) is 0 Å². The third kappa shape index (κ3) is 2.57. The zero-order chi connectivity index (χ0) is 17.6. The summed E-state index contributed by atoms with van der Waals surface area (Å²) < 4.78 is 16.8. The molecule has 3 aromatic heterocycles. The van der Waals surface area contributed by atoms with Crippen molar-refractivity contribution in [3.8, 4) is 28.9 Å². The van der Waals surface area contributed by atoms with Gasteiger partial charge < -0.3 is 23.7 Å². The van der Waals surface area contributed by atoms with E-state index in [4.69, 9.17) is 13.6 Å². The Morgan fingerprint density at radius 1 is 1.08 bits per heavy atom. The zero-order valence-corrected chi connectivity index (χ0v) is 13.6. The summed E-state index contributed by atoms with van der Waals surface area (Å²) in [6, 6.07) is 10.8. The van der Waals surface area contributed by atoms with E-state index in [1.807, 2.05) is 18.2 Å². The molecule has 0 radical (unpaired) electrons. The maximum Gasteiger partial charge on any atom is 0.343 e. The number of benzene rings is 1. The highest BCUT2D eigenvalue weighted by Gasteiger charge is 2.18. The Kier molecular flexibility index (Phi) is 3.39. The highest BCUT2D eigenvalue weighted by Crippen LogP contribution is 2.35. The van der Waals surface area contributed by atoms with Crippen molar-refractivity contribution in [1.82, 2.24) is 4.98 Å². The number of rotatable bonds is 3. The fraction of sp³-hybridized carbons (Fsp3) is 0.105. The fourth-order valence-electron chi connectivity index (χ4n) is 2.67. The van der Waals surface area contributed by atoms with Crippen LogP contribution in [0.4, 0.5) is 0 Å². The molecule has 126 valence electrons. The Hall–Kier alpha value is -3.41. The average Bonchev–Trinajstić information content (AvgIpc) is 3.25. The first-order valence-corrected chi connectivity index (χ1v) is 7.71. The Labute approximate surface area is 142 Å². The predicted octanol–water partition coefficient (Wildman–Crippen LogP) is 4.50. The second kappa shape index (κ2) is 5.59. The summed E-state index contributed by atoms with van der Waals surface area (Å²) in [5, 5.41) is 10.9. The van der Waals surface area contributed by atoms with Crippen LogP contribution < -0.4 is 10.4 Å². The Morgan fingerprint density at radius 2 is 1.92 bits per heavy atom. The summed E-state index contributed by atoms with van der Waals surface area (Å²) in [5.74, 6) is 1.79. The maximum absolute atomic E-state index is 11.8. The van der Waals surface area contributed by atoms with Crippen molar-refractivity contribution in [3.05, 3.63) is 64.1 Å². The van der Waals surface area contributed by atoms with E-state index >= 15 is 0 Å². The van der Waals surface area contributed by atoms with Crippen molar-refractivity contribution in [2.24, 2.45) is 0 Å². The highest BCUT2D eigenvalue weighted by molar-refractivity contribution is 5.84. The number of nitrogens with one attached hydrogen (secondary N) is 1. The van der Waals surface area contributed by atoms with Crippen LogP contribution in [0.2, 0.25) is 0 Å². The first kappa shape index (κ1) is 15.1. The highest BCUT2D eigenvalue weighted by atomic mass is 16.5. The van der Waals surface area contributed by atoms with Gasteiger partial charge in [-0.2, -0.15) is 0 Å². The molecule has 0 spiro atoms. The van der Waals surface area contributed by atoms with E-state index in [0.717, 1.165) is 5.39 Å². The van der Waals surface area contributed by atoms with Gasteiger partial charge in [-0.25, -0.2) is 4.79 Å². The van der Waals surface area contributed by atoms with Crippen molar-refractivity contribution in [2.45, 2.75) is 13.8 Å². The largest absolute Gasteiger partial charge is 0.507 e.